The minimum Gasteiger partial charge on any atom is -0.481 e. The van der Waals surface area contributed by atoms with E-state index in [0.717, 1.165) is 0 Å². The fourth-order valence-electron chi connectivity index (χ4n) is 2.12. The minimum atomic E-state index is -0.995. The number of rotatable bonds is 4. The Bertz CT molecular complexity index is 266. The van der Waals surface area contributed by atoms with Gasteiger partial charge in [-0.1, -0.05) is 0 Å². The number of carbonyl (C=O) groups is 3. The summed E-state index contributed by atoms with van der Waals surface area (Å²) in [7, 11) is 0. The molecule has 5 nitrogen and oxygen atoms in total. The van der Waals surface area contributed by atoms with Gasteiger partial charge in [0.1, 0.15) is 5.78 Å². The number of ketones is 1. The predicted octanol–water partition coefficient (Wildman–Crippen LogP) is 1.07. The van der Waals surface area contributed by atoms with E-state index in [0.29, 0.717) is 25.7 Å². The molecule has 0 aromatic carbocycles. The van der Waals surface area contributed by atoms with Gasteiger partial charge in [0, 0.05) is 12.8 Å². The van der Waals surface area contributed by atoms with Gasteiger partial charge < -0.3 is 10.2 Å². The number of carboxylic acid groups (broad SMARTS) is 2. The highest BCUT2D eigenvalue weighted by Gasteiger charge is 2.38. The third kappa shape index (κ3) is 3.34. The Morgan fingerprint density at radius 3 is 1.80 bits per heavy atom. The molecule has 0 saturated heterocycles. The van der Waals surface area contributed by atoms with Gasteiger partial charge in [0.15, 0.2) is 0 Å². The molecule has 0 atom stereocenters. The summed E-state index contributed by atoms with van der Waals surface area (Å²) in [5.41, 5.74) is -0.717. The fraction of sp³-hybridized carbons (Fsp3) is 0.700. The van der Waals surface area contributed by atoms with Crippen LogP contribution in [0.15, 0.2) is 0 Å². The van der Waals surface area contributed by atoms with E-state index in [1.807, 2.05) is 0 Å². The molecule has 1 fully saturated rings. The maximum Gasteiger partial charge on any atom is 0.303 e. The highest BCUT2D eigenvalue weighted by atomic mass is 16.4. The Labute approximate surface area is 87.1 Å². The number of carboxylic acids is 2. The van der Waals surface area contributed by atoms with Crippen LogP contribution in [0.25, 0.3) is 0 Å². The molecule has 0 bridgehead atoms. The molecule has 1 aliphatic carbocycles. The van der Waals surface area contributed by atoms with E-state index in [1.165, 1.54) is 0 Å². The molecule has 2 N–H and O–H groups in total. The van der Waals surface area contributed by atoms with Gasteiger partial charge >= 0.3 is 11.9 Å². The first kappa shape index (κ1) is 11.7. The average Bonchev–Trinajstić information content (AvgIpc) is 2.08. The summed E-state index contributed by atoms with van der Waals surface area (Å²) >= 11 is 0. The molecule has 0 aromatic heterocycles. The van der Waals surface area contributed by atoms with E-state index in [1.54, 1.807) is 0 Å². The van der Waals surface area contributed by atoms with Crippen molar-refractivity contribution in [2.75, 3.05) is 0 Å². The zero-order valence-corrected chi connectivity index (χ0v) is 8.36. The average molecular weight is 214 g/mol. The zero-order valence-electron chi connectivity index (χ0n) is 8.36. The normalized spacial score (nSPS) is 19.9. The maximum atomic E-state index is 11.0. The van der Waals surface area contributed by atoms with Gasteiger partial charge in [0.2, 0.25) is 0 Å². The molecule has 0 amide bonds. The number of carbonyl (C=O) groups excluding carboxylic acids is 1. The molecule has 0 radical (unpaired) electrons. The SMILES string of the molecule is O=C(O)CC1(CC(=O)O)CCC(=O)CC1. The van der Waals surface area contributed by atoms with Crippen LogP contribution in [0.2, 0.25) is 0 Å². The molecule has 5 heteroatoms. The molecule has 0 aliphatic heterocycles. The second-order valence-electron chi connectivity index (χ2n) is 4.18. The monoisotopic (exact) mass is 214 g/mol. The van der Waals surface area contributed by atoms with Crippen molar-refractivity contribution in [3.05, 3.63) is 0 Å². The molecule has 1 rings (SSSR count). The Morgan fingerprint density at radius 1 is 1.07 bits per heavy atom. The van der Waals surface area contributed by atoms with Crippen molar-refractivity contribution >= 4 is 17.7 Å². The van der Waals surface area contributed by atoms with Crippen LogP contribution in [-0.2, 0) is 14.4 Å². The lowest BCUT2D eigenvalue weighted by Gasteiger charge is -2.33. The molecule has 0 heterocycles. The standard InChI is InChI=1S/C10H14O5/c11-7-1-3-10(4-2-7,5-8(12)13)6-9(14)15/h1-6H2,(H,12,13)(H,14,15). The molecule has 1 saturated carbocycles. The van der Waals surface area contributed by atoms with E-state index in [4.69, 9.17) is 10.2 Å². The van der Waals surface area contributed by atoms with Gasteiger partial charge in [0.05, 0.1) is 12.8 Å². The third-order valence-electron chi connectivity index (χ3n) is 2.92. The van der Waals surface area contributed by atoms with Crippen LogP contribution in [0.1, 0.15) is 38.5 Å². The first-order chi connectivity index (χ1) is 6.93. The van der Waals surface area contributed by atoms with Crippen LogP contribution in [0, 0.1) is 5.41 Å². The minimum absolute atomic E-state index is 0.0985. The van der Waals surface area contributed by atoms with Gasteiger partial charge in [-0.15, -0.1) is 0 Å². The van der Waals surface area contributed by atoms with Crippen LogP contribution in [-0.4, -0.2) is 27.9 Å². The number of aliphatic carboxylic acids is 2. The first-order valence-electron chi connectivity index (χ1n) is 4.89. The third-order valence-corrected chi connectivity index (χ3v) is 2.92. The first-order valence-corrected chi connectivity index (χ1v) is 4.89. The van der Waals surface area contributed by atoms with Crippen LogP contribution in [0.3, 0.4) is 0 Å². The fourth-order valence-corrected chi connectivity index (χ4v) is 2.12. The van der Waals surface area contributed by atoms with E-state index in [-0.39, 0.29) is 18.6 Å². The number of Topliss-reactive ketones (excluding diaryl/α,β-unsaturated/α-hetero) is 1. The Kier molecular flexibility index (Phi) is 3.44. The molecule has 0 spiro atoms. The number of hydrogen-bond acceptors (Lipinski definition) is 3. The van der Waals surface area contributed by atoms with Crippen molar-refractivity contribution in [2.24, 2.45) is 5.41 Å². The smallest absolute Gasteiger partial charge is 0.303 e. The van der Waals surface area contributed by atoms with Gasteiger partial charge in [-0.25, -0.2) is 0 Å². The van der Waals surface area contributed by atoms with Gasteiger partial charge in [-0.05, 0) is 18.3 Å². The van der Waals surface area contributed by atoms with E-state index < -0.39 is 17.4 Å². The largest absolute Gasteiger partial charge is 0.481 e. The summed E-state index contributed by atoms with van der Waals surface area (Å²) in [6.45, 7) is 0. The second-order valence-corrected chi connectivity index (χ2v) is 4.18. The maximum absolute atomic E-state index is 11.0. The number of hydrogen-bond donors (Lipinski definition) is 2. The highest BCUT2D eigenvalue weighted by Crippen LogP contribution is 2.41. The van der Waals surface area contributed by atoms with Gasteiger partial charge in [-0.3, -0.25) is 14.4 Å². The molecule has 84 valence electrons. The zero-order chi connectivity index (χ0) is 11.5. The molecular formula is C10H14O5. The summed E-state index contributed by atoms with van der Waals surface area (Å²) < 4.78 is 0. The lowest BCUT2D eigenvalue weighted by atomic mass is 9.69. The summed E-state index contributed by atoms with van der Waals surface area (Å²) in [5, 5.41) is 17.5. The highest BCUT2D eigenvalue weighted by molar-refractivity contribution is 5.80. The van der Waals surface area contributed by atoms with Crippen molar-refractivity contribution < 1.29 is 24.6 Å². The molecule has 0 unspecified atom stereocenters. The van der Waals surface area contributed by atoms with Gasteiger partial charge in [-0.2, -0.15) is 0 Å². The topological polar surface area (TPSA) is 91.7 Å². The van der Waals surface area contributed by atoms with E-state index in [9.17, 15) is 14.4 Å². The van der Waals surface area contributed by atoms with Crippen LogP contribution in [0.4, 0.5) is 0 Å². The van der Waals surface area contributed by atoms with Crippen molar-refractivity contribution in [2.45, 2.75) is 38.5 Å². The lowest BCUT2D eigenvalue weighted by molar-refractivity contribution is -0.146. The lowest BCUT2D eigenvalue weighted by Crippen LogP contribution is -2.32. The quantitative estimate of drug-likeness (QED) is 0.730. The summed E-state index contributed by atoms with van der Waals surface area (Å²) in [6, 6.07) is 0. The van der Waals surface area contributed by atoms with Crippen LogP contribution < -0.4 is 0 Å². The Balaban J connectivity index is 2.72. The second kappa shape index (κ2) is 4.42. The van der Waals surface area contributed by atoms with E-state index >= 15 is 0 Å². The molecular weight excluding hydrogens is 200 g/mol. The van der Waals surface area contributed by atoms with Gasteiger partial charge in [0.25, 0.3) is 0 Å². The van der Waals surface area contributed by atoms with Crippen LogP contribution >= 0.6 is 0 Å². The van der Waals surface area contributed by atoms with Crippen molar-refractivity contribution in [3.8, 4) is 0 Å². The molecule has 1 aliphatic rings. The van der Waals surface area contributed by atoms with E-state index in [2.05, 4.69) is 0 Å². The van der Waals surface area contributed by atoms with Crippen molar-refractivity contribution in [1.82, 2.24) is 0 Å². The predicted molar refractivity (Wildman–Crippen MR) is 50.4 cm³/mol. The van der Waals surface area contributed by atoms with Crippen molar-refractivity contribution in [1.29, 1.82) is 0 Å². The van der Waals surface area contributed by atoms with Crippen LogP contribution in [0.5, 0.6) is 0 Å². The Morgan fingerprint density at radius 2 is 1.47 bits per heavy atom. The summed E-state index contributed by atoms with van der Waals surface area (Å²) in [4.78, 5) is 32.3. The summed E-state index contributed by atoms with van der Waals surface area (Å²) in [6.07, 6.45) is 1.05. The molecule has 15 heavy (non-hydrogen) atoms. The Hall–Kier alpha value is -1.39. The summed E-state index contributed by atoms with van der Waals surface area (Å²) in [5.74, 6) is -1.89. The van der Waals surface area contributed by atoms with Crippen molar-refractivity contribution in [3.63, 3.8) is 0 Å². The molecule has 0 aromatic rings.